The van der Waals surface area contributed by atoms with Crippen LogP contribution < -0.4 is 0 Å². The van der Waals surface area contributed by atoms with E-state index in [2.05, 4.69) is 26.0 Å². The number of benzene rings is 1. The Kier molecular flexibility index (Phi) is 3.73. The topological polar surface area (TPSA) is 34.1 Å². The van der Waals surface area contributed by atoms with E-state index in [1.54, 1.807) is 0 Å². The molecule has 0 aliphatic heterocycles. The van der Waals surface area contributed by atoms with Crippen LogP contribution in [0.4, 0.5) is 0 Å². The zero-order valence-corrected chi connectivity index (χ0v) is 13.2. The quantitative estimate of drug-likeness (QED) is 0.772. The first kappa shape index (κ1) is 14.5. The van der Waals surface area contributed by atoms with E-state index in [9.17, 15) is 9.59 Å². The van der Waals surface area contributed by atoms with Crippen molar-refractivity contribution in [2.45, 2.75) is 58.8 Å². The normalized spacial score (nSPS) is 28.8. The lowest BCUT2D eigenvalue weighted by atomic mass is 9.81. The van der Waals surface area contributed by atoms with Crippen LogP contribution in [0.2, 0.25) is 0 Å². The van der Waals surface area contributed by atoms with Gasteiger partial charge in [0, 0.05) is 11.8 Å². The summed E-state index contributed by atoms with van der Waals surface area (Å²) in [6.07, 6.45) is 4.90. The Hall–Kier alpha value is -1.44. The molecular formula is C19H24O2. The molecule has 1 aromatic carbocycles. The smallest absolute Gasteiger partial charge is 0.151 e. The lowest BCUT2D eigenvalue weighted by molar-refractivity contribution is -0.125. The van der Waals surface area contributed by atoms with Gasteiger partial charge in [0.25, 0.3) is 0 Å². The van der Waals surface area contributed by atoms with Gasteiger partial charge in [-0.05, 0) is 49.8 Å². The molecule has 3 rings (SSSR count). The first-order valence-corrected chi connectivity index (χ1v) is 8.22. The van der Waals surface area contributed by atoms with Crippen molar-refractivity contribution in [3.05, 3.63) is 34.4 Å². The van der Waals surface area contributed by atoms with Gasteiger partial charge in [-0.3, -0.25) is 9.59 Å². The van der Waals surface area contributed by atoms with Gasteiger partial charge in [-0.25, -0.2) is 0 Å². The minimum absolute atomic E-state index is 0.00154. The minimum atomic E-state index is -0.478. The van der Waals surface area contributed by atoms with Crippen molar-refractivity contribution in [1.82, 2.24) is 0 Å². The Labute approximate surface area is 126 Å². The van der Waals surface area contributed by atoms with Crippen LogP contribution in [0, 0.1) is 25.7 Å². The minimum Gasteiger partial charge on any atom is -0.298 e. The number of carbonyl (C=O) groups is 2. The summed E-state index contributed by atoms with van der Waals surface area (Å²) in [5.74, 6) is -0.0744. The third-order valence-corrected chi connectivity index (χ3v) is 5.35. The van der Waals surface area contributed by atoms with Gasteiger partial charge in [-0.15, -0.1) is 0 Å². The molecule has 0 N–H and O–H groups in total. The molecule has 1 aromatic rings. The highest BCUT2D eigenvalue weighted by Gasteiger charge is 2.50. The average Bonchev–Trinajstić information content (AvgIpc) is 2.71. The number of Topliss-reactive ketones (excluding diaryl/α,β-unsaturated/α-hetero) is 2. The fourth-order valence-electron chi connectivity index (χ4n) is 4.44. The van der Waals surface area contributed by atoms with Gasteiger partial charge < -0.3 is 0 Å². The predicted molar refractivity (Wildman–Crippen MR) is 83.5 cm³/mol. The Morgan fingerprint density at radius 2 is 1.57 bits per heavy atom. The Balaban J connectivity index is 2.08. The maximum Gasteiger partial charge on any atom is 0.151 e. The fourth-order valence-corrected chi connectivity index (χ4v) is 4.44. The van der Waals surface area contributed by atoms with Gasteiger partial charge in [0.15, 0.2) is 11.6 Å². The summed E-state index contributed by atoms with van der Waals surface area (Å²) in [6, 6.07) is 4.25. The van der Waals surface area contributed by atoms with E-state index in [0.29, 0.717) is 0 Å². The molecule has 0 radical (unpaired) electrons. The molecule has 0 aromatic heterocycles. The molecular weight excluding hydrogens is 260 g/mol. The van der Waals surface area contributed by atoms with Crippen LogP contribution >= 0.6 is 0 Å². The van der Waals surface area contributed by atoms with Crippen molar-refractivity contribution in [2.24, 2.45) is 11.8 Å². The van der Waals surface area contributed by atoms with E-state index >= 15 is 0 Å². The van der Waals surface area contributed by atoms with E-state index in [0.717, 1.165) is 43.2 Å². The van der Waals surface area contributed by atoms with Crippen LogP contribution in [0.15, 0.2) is 12.1 Å². The van der Waals surface area contributed by atoms with E-state index in [4.69, 9.17) is 0 Å². The van der Waals surface area contributed by atoms with Gasteiger partial charge in [-0.1, -0.05) is 37.5 Å². The molecule has 0 heterocycles. The lowest BCUT2D eigenvalue weighted by Crippen LogP contribution is -2.21. The summed E-state index contributed by atoms with van der Waals surface area (Å²) in [4.78, 5) is 25.7. The van der Waals surface area contributed by atoms with Gasteiger partial charge in [0.2, 0.25) is 0 Å². The zero-order valence-electron chi connectivity index (χ0n) is 13.2. The standard InChI is InChI=1S/C19H24O2/c1-4-13-10-11(2)9-12(3)16(13)17-18(20)14-7-5-6-8-15(14)19(17)21/h9-10,14-15,17H,4-8H2,1-3H3. The maximum absolute atomic E-state index is 12.8. The predicted octanol–water partition coefficient (Wildman–Crippen LogP) is 3.91. The van der Waals surface area contributed by atoms with Gasteiger partial charge in [0.1, 0.15) is 5.92 Å². The number of rotatable bonds is 2. The van der Waals surface area contributed by atoms with Crippen LogP contribution in [0.25, 0.3) is 0 Å². The van der Waals surface area contributed by atoms with E-state index < -0.39 is 5.92 Å². The van der Waals surface area contributed by atoms with Crippen LogP contribution in [0.5, 0.6) is 0 Å². The molecule has 2 aliphatic rings. The van der Waals surface area contributed by atoms with E-state index in [-0.39, 0.29) is 23.4 Å². The second-order valence-electron chi connectivity index (χ2n) is 6.74. The molecule has 2 saturated carbocycles. The summed E-state index contributed by atoms with van der Waals surface area (Å²) < 4.78 is 0. The van der Waals surface area contributed by atoms with E-state index in [1.165, 1.54) is 11.1 Å². The molecule has 0 spiro atoms. The maximum atomic E-state index is 12.8. The number of ketones is 2. The molecule has 112 valence electrons. The van der Waals surface area contributed by atoms with Gasteiger partial charge in [0.05, 0.1) is 0 Å². The Bertz CT molecular complexity index is 576. The second-order valence-corrected chi connectivity index (χ2v) is 6.74. The third-order valence-electron chi connectivity index (χ3n) is 5.35. The molecule has 2 atom stereocenters. The van der Waals surface area contributed by atoms with Crippen molar-refractivity contribution >= 4 is 11.6 Å². The van der Waals surface area contributed by atoms with Crippen molar-refractivity contribution in [3.8, 4) is 0 Å². The largest absolute Gasteiger partial charge is 0.298 e. The van der Waals surface area contributed by atoms with Crippen LogP contribution in [0.1, 0.15) is 60.8 Å². The Morgan fingerprint density at radius 1 is 1.00 bits per heavy atom. The highest BCUT2D eigenvalue weighted by atomic mass is 16.2. The number of carbonyl (C=O) groups excluding carboxylic acids is 2. The molecule has 0 saturated heterocycles. The van der Waals surface area contributed by atoms with Crippen molar-refractivity contribution in [1.29, 1.82) is 0 Å². The molecule has 2 fully saturated rings. The zero-order chi connectivity index (χ0) is 15.1. The number of fused-ring (bicyclic) bond motifs is 1. The molecule has 21 heavy (non-hydrogen) atoms. The molecule has 0 amide bonds. The lowest BCUT2D eigenvalue weighted by Gasteiger charge is -2.21. The number of aryl methyl sites for hydroxylation is 3. The van der Waals surface area contributed by atoms with Crippen molar-refractivity contribution < 1.29 is 9.59 Å². The first-order chi connectivity index (χ1) is 10.0. The van der Waals surface area contributed by atoms with Crippen LogP contribution in [0.3, 0.4) is 0 Å². The molecule has 2 nitrogen and oxygen atoms in total. The number of hydrogen-bond acceptors (Lipinski definition) is 2. The highest BCUT2D eigenvalue weighted by molar-refractivity contribution is 6.16. The SMILES string of the molecule is CCc1cc(C)cc(C)c1C1C(=O)C2CCCCC2C1=O. The van der Waals surface area contributed by atoms with Crippen molar-refractivity contribution in [3.63, 3.8) is 0 Å². The summed E-state index contributed by atoms with van der Waals surface area (Å²) in [5.41, 5.74) is 4.52. The van der Waals surface area contributed by atoms with Crippen LogP contribution in [-0.4, -0.2) is 11.6 Å². The third kappa shape index (κ3) is 2.25. The van der Waals surface area contributed by atoms with Crippen molar-refractivity contribution in [2.75, 3.05) is 0 Å². The van der Waals surface area contributed by atoms with Crippen LogP contribution in [-0.2, 0) is 16.0 Å². The van der Waals surface area contributed by atoms with Gasteiger partial charge >= 0.3 is 0 Å². The van der Waals surface area contributed by atoms with Gasteiger partial charge in [-0.2, -0.15) is 0 Å². The summed E-state index contributed by atoms with van der Waals surface area (Å²) in [5, 5.41) is 0. The van der Waals surface area contributed by atoms with E-state index in [1.807, 2.05) is 6.92 Å². The summed E-state index contributed by atoms with van der Waals surface area (Å²) >= 11 is 0. The first-order valence-electron chi connectivity index (χ1n) is 8.22. The second kappa shape index (κ2) is 5.40. The summed E-state index contributed by atoms with van der Waals surface area (Å²) in [6.45, 7) is 6.23. The molecule has 2 unspecified atom stereocenters. The fraction of sp³-hybridized carbons (Fsp3) is 0.579. The summed E-state index contributed by atoms with van der Waals surface area (Å²) in [7, 11) is 0. The Morgan fingerprint density at radius 3 is 2.10 bits per heavy atom. The monoisotopic (exact) mass is 284 g/mol. The molecule has 2 heteroatoms. The number of hydrogen-bond donors (Lipinski definition) is 0. The molecule has 2 aliphatic carbocycles. The average molecular weight is 284 g/mol. The highest BCUT2D eigenvalue weighted by Crippen LogP contribution is 2.45. The molecule has 0 bridgehead atoms.